The van der Waals surface area contributed by atoms with E-state index in [1.54, 1.807) is 13.0 Å². The summed E-state index contributed by atoms with van der Waals surface area (Å²) in [6, 6.07) is 11.4. The Morgan fingerprint density at radius 1 is 1.03 bits per heavy atom. The molecular weight excluding hydrogens is 476 g/mol. The Bertz CT molecular complexity index is 1670. The van der Waals surface area contributed by atoms with Crippen LogP contribution in [0.2, 0.25) is 0 Å². The monoisotopic (exact) mass is 498 g/mol. The Kier molecular flexibility index (Phi) is 5.55. The van der Waals surface area contributed by atoms with Crippen LogP contribution in [-0.2, 0) is 4.79 Å². The number of nitro groups is 1. The van der Waals surface area contributed by atoms with Gasteiger partial charge in [-0.15, -0.1) is 0 Å². The van der Waals surface area contributed by atoms with Gasteiger partial charge in [0.1, 0.15) is 17.9 Å². The summed E-state index contributed by atoms with van der Waals surface area (Å²) < 4.78 is 1.49. The summed E-state index contributed by atoms with van der Waals surface area (Å²) in [7, 11) is 0. The third-order valence-electron chi connectivity index (χ3n) is 6.23. The van der Waals surface area contributed by atoms with Crippen LogP contribution in [0.3, 0.4) is 0 Å². The molecule has 0 fully saturated rings. The quantitative estimate of drug-likeness (QED) is 0.251. The molecule has 1 N–H and O–H groups in total. The van der Waals surface area contributed by atoms with Crippen LogP contribution in [-0.4, -0.2) is 48.9 Å². The maximum atomic E-state index is 12.9. The number of rotatable bonds is 5. The van der Waals surface area contributed by atoms with Crippen LogP contribution >= 0.6 is 0 Å². The van der Waals surface area contributed by atoms with Gasteiger partial charge in [0.2, 0.25) is 5.91 Å². The molecule has 1 aliphatic rings. The molecule has 2 aromatic heterocycles. The number of hydrogen-bond donors (Lipinski definition) is 1. The second-order valence-electron chi connectivity index (χ2n) is 9.06. The predicted molar refractivity (Wildman–Crippen MR) is 135 cm³/mol. The number of imide groups is 1. The summed E-state index contributed by atoms with van der Waals surface area (Å²) in [4.78, 5) is 54.6. The molecule has 0 bridgehead atoms. The zero-order chi connectivity index (χ0) is 26.6. The number of aromatic nitrogens is 3. The Hall–Kier alpha value is -4.93. The molecule has 0 unspecified atom stereocenters. The van der Waals surface area contributed by atoms with E-state index in [0.29, 0.717) is 22.2 Å². The van der Waals surface area contributed by atoms with Crippen molar-refractivity contribution >= 4 is 40.1 Å². The lowest BCUT2D eigenvalue weighted by Gasteiger charge is -2.15. The first-order valence-corrected chi connectivity index (χ1v) is 11.4. The summed E-state index contributed by atoms with van der Waals surface area (Å²) in [5.41, 5.74) is 3.67. The van der Waals surface area contributed by atoms with E-state index in [1.165, 1.54) is 16.8 Å². The molecule has 0 aliphatic carbocycles. The van der Waals surface area contributed by atoms with Crippen molar-refractivity contribution in [2.75, 3.05) is 11.9 Å². The molecule has 4 aromatic rings. The van der Waals surface area contributed by atoms with Gasteiger partial charge in [-0.2, -0.15) is 9.78 Å². The number of carbonyl (C=O) groups excluding carboxylic acids is 3. The van der Waals surface area contributed by atoms with E-state index in [1.807, 2.05) is 32.9 Å². The van der Waals surface area contributed by atoms with Crippen molar-refractivity contribution in [3.63, 3.8) is 0 Å². The van der Waals surface area contributed by atoms with Gasteiger partial charge in [0, 0.05) is 17.5 Å². The molecule has 5 rings (SSSR count). The number of benzene rings is 2. The van der Waals surface area contributed by atoms with Crippen molar-refractivity contribution in [1.82, 2.24) is 19.7 Å². The van der Waals surface area contributed by atoms with Crippen molar-refractivity contribution in [3.05, 3.63) is 86.1 Å². The zero-order valence-corrected chi connectivity index (χ0v) is 20.5. The fourth-order valence-corrected chi connectivity index (χ4v) is 4.64. The topological polar surface area (TPSA) is 140 Å². The SMILES string of the molecule is Cc1cc(C)c2nc(-n3nc(C)cc3NC(=O)CN3C(=O)c4cccc([N+](=O)[O-])c4C3=O)cc(C)c2c1. The maximum absolute atomic E-state index is 12.9. The fraction of sp³-hybridized carbons (Fsp3) is 0.192. The number of nitro benzene ring substituents is 1. The molecular formula is C26H22N6O5. The van der Waals surface area contributed by atoms with E-state index in [4.69, 9.17) is 4.98 Å². The van der Waals surface area contributed by atoms with Gasteiger partial charge >= 0.3 is 0 Å². The van der Waals surface area contributed by atoms with E-state index >= 15 is 0 Å². The van der Waals surface area contributed by atoms with Gasteiger partial charge in [-0.05, 0) is 57.0 Å². The van der Waals surface area contributed by atoms with Crippen LogP contribution in [0.1, 0.15) is 43.1 Å². The third-order valence-corrected chi connectivity index (χ3v) is 6.23. The van der Waals surface area contributed by atoms with Crippen LogP contribution in [0.15, 0.2) is 42.5 Å². The molecule has 1 aliphatic heterocycles. The van der Waals surface area contributed by atoms with E-state index in [0.717, 1.165) is 33.7 Å². The van der Waals surface area contributed by atoms with Gasteiger partial charge in [0.15, 0.2) is 5.82 Å². The number of nitrogens with zero attached hydrogens (tertiary/aromatic N) is 5. The minimum atomic E-state index is -0.885. The standard InChI is InChI=1S/C26H22N6O5/c1-13-8-15(3)24-18(9-13)14(2)10-20(28-24)31-21(11-16(4)29-31)27-22(33)12-30-25(34)17-6-5-7-19(32(36)37)23(17)26(30)35/h5-11H,12H2,1-4H3,(H,27,33). The highest BCUT2D eigenvalue weighted by Gasteiger charge is 2.41. The summed E-state index contributed by atoms with van der Waals surface area (Å²) in [5.74, 6) is -1.51. The van der Waals surface area contributed by atoms with Gasteiger partial charge in [-0.25, -0.2) is 4.98 Å². The lowest BCUT2D eigenvalue weighted by atomic mass is 10.0. The smallest absolute Gasteiger partial charge is 0.282 e. The summed E-state index contributed by atoms with van der Waals surface area (Å²) in [6.07, 6.45) is 0. The summed E-state index contributed by atoms with van der Waals surface area (Å²) in [6.45, 7) is 7.13. The first kappa shape index (κ1) is 23.8. The molecule has 11 nitrogen and oxygen atoms in total. The van der Waals surface area contributed by atoms with Crippen molar-refractivity contribution in [2.45, 2.75) is 27.7 Å². The minimum absolute atomic E-state index is 0.102. The second-order valence-corrected chi connectivity index (χ2v) is 9.06. The van der Waals surface area contributed by atoms with Gasteiger partial charge in [0.25, 0.3) is 17.5 Å². The lowest BCUT2D eigenvalue weighted by molar-refractivity contribution is -0.385. The molecule has 0 saturated carbocycles. The van der Waals surface area contributed by atoms with Crippen LogP contribution in [0, 0.1) is 37.8 Å². The number of aryl methyl sites for hydroxylation is 4. The number of nitrogens with one attached hydrogen (secondary N) is 1. The Balaban J connectivity index is 1.44. The molecule has 0 spiro atoms. The summed E-state index contributed by atoms with van der Waals surface area (Å²) >= 11 is 0. The fourth-order valence-electron chi connectivity index (χ4n) is 4.64. The van der Waals surface area contributed by atoms with Gasteiger partial charge in [-0.3, -0.25) is 29.4 Å². The van der Waals surface area contributed by atoms with E-state index in [-0.39, 0.29) is 11.1 Å². The first-order valence-electron chi connectivity index (χ1n) is 11.4. The predicted octanol–water partition coefficient (Wildman–Crippen LogP) is 3.80. The van der Waals surface area contributed by atoms with E-state index in [2.05, 4.69) is 16.5 Å². The Morgan fingerprint density at radius 3 is 2.51 bits per heavy atom. The molecule has 0 radical (unpaired) electrons. The number of hydrogen-bond acceptors (Lipinski definition) is 7. The van der Waals surface area contributed by atoms with E-state index < -0.39 is 34.9 Å². The average molecular weight is 498 g/mol. The average Bonchev–Trinajstić information content (AvgIpc) is 3.31. The Labute approximate surface area is 210 Å². The third kappa shape index (κ3) is 3.99. The highest BCUT2D eigenvalue weighted by Crippen LogP contribution is 2.31. The van der Waals surface area contributed by atoms with Crippen molar-refractivity contribution in [1.29, 1.82) is 0 Å². The van der Waals surface area contributed by atoms with Crippen molar-refractivity contribution < 1.29 is 19.3 Å². The molecule has 2 aromatic carbocycles. The van der Waals surface area contributed by atoms with Gasteiger partial charge in [0.05, 0.1) is 21.7 Å². The maximum Gasteiger partial charge on any atom is 0.282 e. The zero-order valence-electron chi connectivity index (χ0n) is 20.5. The molecule has 0 atom stereocenters. The molecule has 186 valence electrons. The number of amides is 3. The van der Waals surface area contributed by atoms with Crippen molar-refractivity contribution in [3.8, 4) is 5.82 Å². The van der Waals surface area contributed by atoms with Crippen LogP contribution < -0.4 is 5.32 Å². The normalized spacial score (nSPS) is 12.8. The highest BCUT2D eigenvalue weighted by molar-refractivity contribution is 6.24. The first-order chi connectivity index (χ1) is 17.5. The number of fused-ring (bicyclic) bond motifs is 2. The molecule has 3 amide bonds. The van der Waals surface area contributed by atoms with Gasteiger partial charge < -0.3 is 5.32 Å². The molecule has 3 heterocycles. The minimum Gasteiger partial charge on any atom is -0.309 e. The largest absolute Gasteiger partial charge is 0.309 e. The van der Waals surface area contributed by atoms with Crippen LogP contribution in [0.5, 0.6) is 0 Å². The number of carbonyl (C=O) groups is 3. The Morgan fingerprint density at radius 2 is 1.78 bits per heavy atom. The van der Waals surface area contributed by atoms with Gasteiger partial charge in [-0.1, -0.05) is 17.7 Å². The highest BCUT2D eigenvalue weighted by atomic mass is 16.6. The molecule has 37 heavy (non-hydrogen) atoms. The van der Waals surface area contributed by atoms with Crippen LogP contribution in [0.4, 0.5) is 11.5 Å². The number of anilines is 1. The van der Waals surface area contributed by atoms with E-state index in [9.17, 15) is 24.5 Å². The lowest BCUT2D eigenvalue weighted by Crippen LogP contribution is -2.37. The second kappa shape index (κ2) is 8.63. The number of pyridine rings is 1. The van der Waals surface area contributed by atoms with Crippen LogP contribution in [0.25, 0.3) is 16.7 Å². The van der Waals surface area contributed by atoms with Crippen molar-refractivity contribution in [2.24, 2.45) is 0 Å². The molecule has 0 saturated heterocycles. The molecule has 11 heteroatoms. The summed E-state index contributed by atoms with van der Waals surface area (Å²) in [5, 5.41) is 19.5.